The van der Waals surface area contributed by atoms with E-state index in [0.29, 0.717) is 17.6 Å². The first-order valence-electron chi connectivity index (χ1n) is 9.07. The maximum absolute atomic E-state index is 13.1. The fourth-order valence-corrected chi connectivity index (χ4v) is 5.40. The Balaban J connectivity index is 1.75. The number of hydrogen-bond acceptors (Lipinski definition) is 5. The number of anilines is 2. The van der Waals surface area contributed by atoms with Crippen LogP contribution in [-0.2, 0) is 4.79 Å². The molecule has 0 radical (unpaired) electrons. The first kappa shape index (κ1) is 21.1. The number of carboxylic acid groups (broad SMARTS) is 1. The van der Waals surface area contributed by atoms with E-state index >= 15 is 0 Å². The van der Waals surface area contributed by atoms with Crippen LogP contribution in [0.3, 0.4) is 0 Å². The minimum absolute atomic E-state index is 0.0263. The molecule has 6 nitrogen and oxygen atoms in total. The van der Waals surface area contributed by atoms with E-state index in [-0.39, 0.29) is 11.8 Å². The Morgan fingerprint density at radius 3 is 2.82 bits per heavy atom. The zero-order chi connectivity index (χ0) is 20.1. The Bertz CT molecular complexity index is 853. The number of aromatic nitrogens is 1. The van der Waals surface area contributed by atoms with Gasteiger partial charge in [0.05, 0.1) is 16.2 Å². The van der Waals surface area contributed by atoms with Gasteiger partial charge in [-0.05, 0) is 49.4 Å². The highest BCUT2D eigenvalue weighted by Gasteiger charge is 2.25. The highest BCUT2D eigenvalue weighted by molar-refractivity contribution is 9.10. The van der Waals surface area contributed by atoms with Crippen LogP contribution in [0.5, 0.6) is 0 Å². The number of rotatable bonds is 7. The Morgan fingerprint density at radius 1 is 1.39 bits per heavy atom. The summed E-state index contributed by atoms with van der Waals surface area (Å²) in [5.41, 5.74) is 1.92. The second-order valence-electron chi connectivity index (χ2n) is 6.79. The summed E-state index contributed by atoms with van der Waals surface area (Å²) < 4.78 is 1.75. The molecule has 0 unspecified atom stereocenters. The quantitative estimate of drug-likeness (QED) is 0.499. The van der Waals surface area contributed by atoms with E-state index in [2.05, 4.69) is 26.2 Å². The Hall–Kier alpha value is -1.58. The minimum Gasteiger partial charge on any atom is -0.481 e. The van der Waals surface area contributed by atoms with Crippen molar-refractivity contribution < 1.29 is 14.7 Å². The second-order valence-corrected chi connectivity index (χ2v) is 10.0. The van der Waals surface area contributed by atoms with Crippen molar-refractivity contribution in [1.29, 1.82) is 0 Å². The van der Waals surface area contributed by atoms with Crippen LogP contribution in [0.15, 0.2) is 33.1 Å². The first-order valence-corrected chi connectivity index (χ1v) is 11.7. The molecule has 1 heterocycles. The van der Waals surface area contributed by atoms with Gasteiger partial charge in [-0.3, -0.25) is 15.0 Å². The molecular formula is C19H22BrN3O3S2. The van der Waals surface area contributed by atoms with Crippen molar-refractivity contribution in [3.8, 4) is 0 Å². The number of thioether (sulfide) groups is 1. The maximum atomic E-state index is 13.1. The molecule has 2 aromatic rings. The molecule has 0 aliphatic heterocycles. The Morgan fingerprint density at radius 2 is 2.14 bits per heavy atom. The topological polar surface area (TPSA) is 82.5 Å². The monoisotopic (exact) mass is 483 g/mol. The number of benzene rings is 1. The van der Waals surface area contributed by atoms with Gasteiger partial charge in [0.25, 0.3) is 0 Å². The van der Waals surface area contributed by atoms with E-state index in [1.165, 1.54) is 35.9 Å². The number of nitrogens with zero attached hydrogens (tertiary/aromatic N) is 2. The largest absolute Gasteiger partial charge is 0.481 e. The fraction of sp³-hybridized carbons (Fsp3) is 0.421. The number of urea groups is 1. The van der Waals surface area contributed by atoms with Crippen LogP contribution in [0.1, 0.15) is 31.2 Å². The summed E-state index contributed by atoms with van der Waals surface area (Å²) in [6, 6.07) is 5.71. The van der Waals surface area contributed by atoms with Crippen LogP contribution in [0.4, 0.5) is 15.6 Å². The predicted molar refractivity (Wildman–Crippen MR) is 118 cm³/mol. The lowest BCUT2D eigenvalue weighted by Gasteiger charge is -2.27. The summed E-state index contributed by atoms with van der Waals surface area (Å²) in [7, 11) is 0. The molecule has 3 rings (SSSR count). The molecule has 1 aromatic carbocycles. The highest BCUT2D eigenvalue weighted by atomic mass is 79.9. The third-order valence-corrected chi connectivity index (χ3v) is 7.23. The lowest BCUT2D eigenvalue weighted by molar-refractivity contribution is -0.133. The highest BCUT2D eigenvalue weighted by Crippen LogP contribution is 2.32. The third-order valence-electron chi connectivity index (χ3n) is 4.65. The van der Waals surface area contributed by atoms with Gasteiger partial charge in [0.15, 0.2) is 5.13 Å². The molecule has 9 heteroatoms. The summed E-state index contributed by atoms with van der Waals surface area (Å²) in [4.78, 5) is 29.8. The number of carbonyl (C=O) groups excluding carboxylic acids is 1. The van der Waals surface area contributed by atoms with Gasteiger partial charge in [-0.1, -0.05) is 40.1 Å². The first-order chi connectivity index (χ1) is 13.4. The number of halogens is 1. The lowest BCUT2D eigenvalue weighted by Crippen LogP contribution is -2.38. The van der Waals surface area contributed by atoms with Crippen LogP contribution in [0, 0.1) is 12.8 Å². The molecule has 1 aliphatic rings. The minimum atomic E-state index is -0.877. The van der Waals surface area contributed by atoms with E-state index < -0.39 is 5.97 Å². The van der Waals surface area contributed by atoms with Gasteiger partial charge in [0.2, 0.25) is 0 Å². The molecule has 2 amide bonds. The standard InChI is InChI=1S/C19H22BrN3O3S2/c1-12-8-14(20)6-7-15(12)23(10-13-4-2-3-5-13)19(26)22-18-21-9-17(28-18)27-11-16(24)25/h6-9,13H,2-5,10-11H2,1H3,(H,24,25)(H,21,22,26). The van der Waals surface area contributed by atoms with Gasteiger partial charge >= 0.3 is 12.0 Å². The van der Waals surface area contributed by atoms with Gasteiger partial charge in [-0.25, -0.2) is 9.78 Å². The molecule has 1 aliphatic carbocycles. The van der Waals surface area contributed by atoms with E-state index in [1.807, 2.05) is 30.0 Å². The van der Waals surface area contributed by atoms with Gasteiger partial charge < -0.3 is 5.11 Å². The number of thiazole rings is 1. The maximum Gasteiger partial charge on any atom is 0.328 e. The number of carbonyl (C=O) groups is 2. The average Bonchev–Trinajstić information content (AvgIpc) is 3.30. The van der Waals surface area contributed by atoms with Crippen LogP contribution in [-0.4, -0.2) is 34.4 Å². The molecule has 2 N–H and O–H groups in total. The number of nitrogens with one attached hydrogen (secondary N) is 1. The summed E-state index contributed by atoms with van der Waals surface area (Å²) >= 11 is 5.97. The average molecular weight is 484 g/mol. The zero-order valence-electron chi connectivity index (χ0n) is 15.5. The summed E-state index contributed by atoms with van der Waals surface area (Å²) in [5.74, 6) is -0.397. The van der Waals surface area contributed by atoms with Crippen LogP contribution in [0.25, 0.3) is 0 Å². The number of hydrogen-bond donors (Lipinski definition) is 2. The molecule has 150 valence electrons. The SMILES string of the molecule is Cc1cc(Br)ccc1N(CC1CCCC1)C(=O)Nc1ncc(SCC(=O)O)s1. The van der Waals surface area contributed by atoms with Crippen molar-refractivity contribution in [2.45, 2.75) is 36.8 Å². The van der Waals surface area contributed by atoms with Crippen LogP contribution >= 0.6 is 39.0 Å². The Labute approximate surface area is 180 Å². The van der Waals surface area contributed by atoms with E-state index in [4.69, 9.17) is 5.11 Å². The Kier molecular flexibility index (Phi) is 7.36. The molecule has 0 saturated heterocycles. The number of carboxylic acids is 1. The molecule has 1 fully saturated rings. The third kappa shape index (κ3) is 5.71. The van der Waals surface area contributed by atoms with E-state index in [9.17, 15) is 9.59 Å². The predicted octanol–water partition coefficient (Wildman–Crippen LogP) is 5.62. The van der Waals surface area contributed by atoms with E-state index in [1.54, 1.807) is 6.20 Å². The molecule has 1 aromatic heterocycles. The summed E-state index contributed by atoms with van der Waals surface area (Å²) in [6.45, 7) is 2.68. The van der Waals surface area contributed by atoms with Gasteiger partial charge in [-0.2, -0.15) is 0 Å². The lowest BCUT2D eigenvalue weighted by atomic mass is 10.1. The van der Waals surface area contributed by atoms with Gasteiger partial charge in [0, 0.05) is 16.7 Å². The second kappa shape index (κ2) is 9.76. The normalized spacial score (nSPS) is 14.2. The van der Waals surface area contributed by atoms with Crippen molar-refractivity contribution in [3.05, 3.63) is 34.4 Å². The number of aryl methyl sites for hydroxylation is 1. The molecule has 1 saturated carbocycles. The number of amides is 2. The molecule has 0 atom stereocenters. The number of aliphatic carboxylic acids is 1. The van der Waals surface area contributed by atoms with Crippen molar-refractivity contribution >= 4 is 61.8 Å². The van der Waals surface area contributed by atoms with E-state index in [0.717, 1.165) is 32.8 Å². The molecule has 0 spiro atoms. The fourth-order valence-electron chi connectivity index (χ4n) is 3.34. The smallest absolute Gasteiger partial charge is 0.328 e. The van der Waals surface area contributed by atoms with Crippen molar-refractivity contribution in [3.63, 3.8) is 0 Å². The van der Waals surface area contributed by atoms with Crippen LogP contribution in [0.2, 0.25) is 0 Å². The molecule has 0 bridgehead atoms. The van der Waals surface area contributed by atoms with Crippen LogP contribution < -0.4 is 10.2 Å². The molecule has 28 heavy (non-hydrogen) atoms. The van der Waals surface area contributed by atoms with Gasteiger partial charge in [0.1, 0.15) is 0 Å². The van der Waals surface area contributed by atoms with Crippen molar-refractivity contribution in [2.24, 2.45) is 5.92 Å². The summed E-state index contributed by atoms with van der Waals surface area (Å²) in [6.07, 6.45) is 6.32. The van der Waals surface area contributed by atoms with Crippen molar-refractivity contribution in [1.82, 2.24) is 4.98 Å². The van der Waals surface area contributed by atoms with Crippen molar-refractivity contribution in [2.75, 3.05) is 22.5 Å². The van der Waals surface area contributed by atoms with Gasteiger partial charge in [-0.15, -0.1) is 11.8 Å². The zero-order valence-corrected chi connectivity index (χ0v) is 18.7. The molecular weight excluding hydrogens is 462 g/mol. The summed E-state index contributed by atoms with van der Waals surface area (Å²) in [5, 5.41) is 12.2.